The number of rotatable bonds is 10. The SMILES string of the molecule is CC([CH]C(=O)NCCCC(c1ccc(F)cc1)c1ccc(F)cc1)CC(N)=O. The molecule has 149 valence electrons. The monoisotopic (exact) mass is 387 g/mol. The van der Waals surface area contributed by atoms with Gasteiger partial charge in [0.25, 0.3) is 0 Å². The summed E-state index contributed by atoms with van der Waals surface area (Å²) in [5.41, 5.74) is 6.98. The zero-order chi connectivity index (χ0) is 20.5. The third-order valence-corrected chi connectivity index (χ3v) is 4.47. The molecular formula is C22H25F2N2O2. The Morgan fingerprint density at radius 1 is 1.00 bits per heavy atom. The van der Waals surface area contributed by atoms with Crippen LogP contribution in [0.2, 0.25) is 0 Å². The van der Waals surface area contributed by atoms with Crippen LogP contribution in [-0.2, 0) is 9.59 Å². The van der Waals surface area contributed by atoms with Gasteiger partial charge >= 0.3 is 0 Å². The Bertz CT molecular complexity index is 731. The van der Waals surface area contributed by atoms with Gasteiger partial charge in [0.15, 0.2) is 0 Å². The molecule has 0 bridgehead atoms. The lowest BCUT2D eigenvalue weighted by Crippen LogP contribution is -2.28. The van der Waals surface area contributed by atoms with Gasteiger partial charge in [-0.05, 0) is 54.2 Å². The Morgan fingerprint density at radius 2 is 1.50 bits per heavy atom. The number of amides is 2. The standard InChI is InChI=1S/C22H25F2N2O2/c1-15(13-21(25)27)14-22(28)26-12-2-3-20(16-4-8-18(23)9-5-16)17-6-10-19(24)11-7-17/h4-11,14-15,20H,2-3,12-13H2,1H3,(H2,25,27)(H,26,28). The average molecular weight is 387 g/mol. The number of primary amides is 1. The first kappa shape index (κ1) is 21.5. The lowest BCUT2D eigenvalue weighted by molar-refractivity contribution is -0.119. The molecule has 0 heterocycles. The van der Waals surface area contributed by atoms with Crippen molar-refractivity contribution in [3.63, 3.8) is 0 Å². The van der Waals surface area contributed by atoms with Crippen molar-refractivity contribution < 1.29 is 18.4 Å². The van der Waals surface area contributed by atoms with Gasteiger partial charge in [0.2, 0.25) is 11.8 Å². The zero-order valence-electron chi connectivity index (χ0n) is 15.8. The number of nitrogens with one attached hydrogen (secondary N) is 1. The maximum Gasteiger partial charge on any atom is 0.224 e. The fourth-order valence-electron chi connectivity index (χ4n) is 3.13. The van der Waals surface area contributed by atoms with Gasteiger partial charge in [0.1, 0.15) is 11.6 Å². The third-order valence-electron chi connectivity index (χ3n) is 4.47. The molecular weight excluding hydrogens is 362 g/mol. The molecule has 0 fully saturated rings. The largest absolute Gasteiger partial charge is 0.370 e. The highest BCUT2D eigenvalue weighted by atomic mass is 19.1. The van der Waals surface area contributed by atoms with Gasteiger partial charge in [0, 0.05) is 18.9 Å². The lowest BCUT2D eigenvalue weighted by atomic mass is 9.87. The van der Waals surface area contributed by atoms with E-state index in [2.05, 4.69) is 5.32 Å². The molecule has 2 aromatic rings. The van der Waals surface area contributed by atoms with Crippen LogP contribution >= 0.6 is 0 Å². The van der Waals surface area contributed by atoms with Crippen molar-refractivity contribution >= 4 is 11.8 Å². The van der Waals surface area contributed by atoms with E-state index in [0.717, 1.165) is 11.1 Å². The van der Waals surface area contributed by atoms with Gasteiger partial charge in [0.05, 0.1) is 6.42 Å². The number of hydrogen-bond donors (Lipinski definition) is 2. The van der Waals surface area contributed by atoms with E-state index < -0.39 is 5.91 Å². The molecule has 0 spiro atoms. The van der Waals surface area contributed by atoms with Crippen LogP contribution in [0.25, 0.3) is 0 Å². The predicted octanol–water partition coefficient (Wildman–Crippen LogP) is 3.71. The molecule has 0 aliphatic rings. The van der Waals surface area contributed by atoms with E-state index in [1.807, 2.05) is 0 Å². The highest BCUT2D eigenvalue weighted by Gasteiger charge is 2.15. The summed E-state index contributed by atoms with van der Waals surface area (Å²) < 4.78 is 26.5. The van der Waals surface area contributed by atoms with Gasteiger partial charge in [-0.2, -0.15) is 0 Å². The van der Waals surface area contributed by atoms with E-state index in [9.17, 15) is 18.4 Å². The van der Waals surface area contributed by atoms with Gasteiger partial charge in [-0.15, -0.1) is 0 Å². The summed E-state index contributed by atoms with van der Waals surface area (Å²) in [5, 5.41) is 2.80. The molecule has 0 aliphatic heterocycles. The van der Waals surface area contributed by atoms with Crippen molar-refractivity contribution in [3.05, 3.63) is 77.7 Å². The summed E-state index contributed by atoms with van der Waals surface area (Å²) in [6.07, 6.45) is 2.96. The van der Waals surface area contributed by atoms with Crippen molar-refractivity contribution in [2.75, 3.05) is 6.54 Å². The van der Waals surface area contributed by atoms with Gasteiger partial charge in [-0.25, -0.2) is 8.78 Å². The second kappa shape index (κ2) is 10.5. The number of carbonyl (C=O) groups is 2. The maximum atomic E-state index is 13.3. The minimum Gasteiger partial charge on any atom is -0.370 e. The van der Waals surface area contributed by atoms with Crippen LogP contribution in [0, 0.1) is 24.0 Å². The van der Waals surface area contributed by atoms with Crippen LogP contribution < -0.4 is 11.1 Å². The summed E-state index contributed by atoms with van der Waals surface area (Å²) in [5.74, 6) is -1.56. The van der Waals surface area contributed by atoms with Crippen LogP contribution in [0.15, 0.2) is 48.5 Å². The topological polar surface area (TPSA) is 72.2 Å². The minimum atomic E-state index is -0.446. The molecule has 1 unspecified atom stereocenters. The van der Waals surface area contributed by atoms with E-state index in [1.54, 1.807) is 31.2 Å². The minimum absolute atomic E-state index is 0.0316. The van der Waals surface area contributed by atoms with Gasteiger partial charge in [-0.1, -0.05) is 31.2 Å². The molecule has 28 heavy (non-hydrogen) atoms. The second-order valence-electron chi connectivity index (χ2n) is 6.90. The molecule has 4 nitrogen and oxygen atoms in total. The zero-order valence-corrected chi connectivity index (χ0v) is 15.8. The van der Waals surface area contributed by atoms with E-state index in [0.29, 0.717) is 19.4 Å². The lowest BCUT2D eigenvalue weighted by Gasteiger charge is -2.18. The molecule has 0 saturated carbocycles. The molecule has 1 atom stereocenters. The summed E-state index contributed by atoms with van der Waals surface area (Å²) in [7, 11) is 0. The summed E-state index contributed by atoms with van der Waals surface area (Å²) in [4.78, 5) is 22.8. The van der Waals surface area contributed by atoms with Crippen LogP contribution in [0.5, 0.6) is 0 Å². The molecule has 2 aromatic carbocycles. The molecule has 0 aliphatic carbocycles. The van der Waals surface area contributed by atoms with Crippen molar-refractivity contribution in [1.82, 2.24) is 5.32 Å². The first-order chi connectivity index (χ1) is 13.3. The Hall–Kier alpha value is -2.76. The molecule has 2 rings (SSSR count). The number of nitrogens with two attached hydrogens (primary N) is 1. The van der Waals surface area contributed by atoms with Crippen LogP contribution in [0.1, 0.15) is 43.2 Å². The van der Waals surface area contributed by atoms with Crippen LogP contribution in [-0.4, -0.2) is 18.4 Å². The molecule has 3 N–H and O–H groups in total. The quantitative estimate of drug-likeness (QED) is 0.610. The van der Waals surface area contributed by atoms with Crippen molar-refractivity contribution in [1.29, 1.82) is 0 Å². The normalized spacial score (nSPS) is 12.0. The number of benzene rings is 2. The van der Waals surface area contributed by atoms with Gasteiger partial charge in [-0.3, -0.25) is 9.59 Å². The molecule has 0 saturated heterocycles. The maximum absolute atomic E-state index is 13.3. The van der Waals surface area contributed by atoms with Crippen molar-refractivity contribution in [2.24, 2.45) is 11.7 Å². The summed E-state index contributed by atoms with van der Waals surface area (Å²) in [6, 6.07) is 12.5. The van der Waals surface area contributed by atoms with E-state index >= 15 is 0 Å². The smallest absolute Gasteiger partial charge is 0.224 e. The predicted molar refractivity (Wildman–Crippen MR) is 104 cm³/mol. The first-order valence-electron chi connectivity index (χ1n) is 9.27. The Balaban J connectivity index is 1.92. The molecule has 0 aromatic heterocycles. The Kier molecular flexibility index (Phi) is 8.11. The molecule has 2 amide bonds. The molecule has 1 radical (unpaired) electrons. The van der Waals surface area contributed by atoms with Crippen molar-refractivity contribution in [2.45, 2.75) is 32.1 Å². The summed E-state index contributed by atoms with van der Waals surface area (Å²) in [6.45, 7) is 2.21. The second-order valence-corrected chi connectivity index (χ2v) is 6.90. The Morgan fingerprint density at radius 3 is 1.96 bits per heavy atom. The highest BCUT2D eigenvalue weighted by molar-refractivity contribution is 5.86. The summed E-state index contributed by atoms with van der Waals surface area (Å²) >= 11 is 0. The first-order valence-corrected chi connectivity index (χ1v) is 9.27. The fraction of sp³-hybridized carbons (Fsp3) is 0.318. The van der Waals surface area contributed by atoms with Crippen molar-refractivity contribution in [3.8, 4) is 0 Å². The third kappa shape index (κ3) is 7.10. The highest BCUT2D eigenvalue weighted by Crippen LogP contribution is 2.29. The molecule has 6 heteroatoms. The van der Waals surface area contributed by atoms with E-state index in [4.69, 9.17) is 5.73 Å². The average Bonchev–Trinajstić information content (AvgIpc) is 2.63. The fourth-order valence-corrected chi connectivity index (χ4v) is 3.13. The van der Waals surface area contributed by atoms with Crippen LogP contribution in [0.4, 0.5) is 8.78 Å². The number of hydrogen-bond acceptors (Lipinski definition) is 2. The number of halogens is 2. The van der Waals surface area contributed by atoms with Gasteiger partial charge < -0.3 is 11.1 Å². The van der Waals surface area contributed by atoms with E-state index in [1.165, 1.54) is 30.7 Å². The van der Waals surface area contributed by atoms with Crippen LogP contribution in [0.3, 0.4) is 0 Å². The Labute approximate surface area is 164 Å². The van der Waals surface area contributed by atoms with E-state index in [-0.39, 0.29) is 35.8 Å². The number of carbonyl (C=O) groups excluding carboxylic acids is 2.